The van der Waals surface area contributed by atoms with Gasteiger partial charge in [-0.25, -0.2) is 13.6 Å². The van der Waals surface area contributed by atoms with Crippen LogP contribution in [0.3, 0.4) is 0 Å². The molecule has 5 nitrogen and oxygen atoms in total. The molecule has 0 fully saturated rings. The summed E-state index contributed by atoms with van der Waals surface area (Å²) < 4.78 is 31.8. The molecule has 0 radical (unpaired) electrons. The molecule has 7 heteroatoms. The smallest absolute Gasteiger partial charge is 0.344 e. The van der Waals surface area contributed by atoms with Crippen molar-refractivity contribution < 1.29 is 18.3 Å². The number of nitrogens with one attached hydrogen (secondary N) is 1. The molecular weight excluding hydrogens is 268 g/mol. The van der Waals surface area contributed by atoms with E-state index in [1.54, 1.807) is 12.1 Å². The highest BCUT2D eigenvalue weighted by Gasteiger charge is 2.19. The van der Waals surface area contributed by atoms with Gasteiger partial charge in [-0.05, 0) is 19.1 Å². The van der Waals surface area contributed by atoms with Crippen molar-refractivity contribution >= 4 is 11.7 Å². The lowest BCUT2D eigenvalue weighted by Crippen LogP contribution is -2.10. The van der Waals surface area contributed by atoms with E-state index in [1.807, 2.05) is 0 Å². The van der Waals surface area contributed by atoms with E-state index >= 15 is 0 Å². The third-order valence-corrected chi connectivity index (χ3v) is 2.15. The van der Waals surface area contributed by atoms with Gasteiger partial charge in [-0.3, -0.25) is 0 Å². The SMILES string of the molecule is CCOC(=O)c1c(F)cc(NC=C(C#N)C#N)cc1F. The topological polar surface area (TPSA) is 85.9 Å². The third-order valence-electron chi connectivity index (χ3n) is 2.15. The van der Waals surface area contributed by atoms with Crippen LogP contribution in [0.1, 0.15) is 17.3 Å². The maximum Gasteiger partial charge on any atom is 0.344 e. The quantitative estimate of drug-likeness (QED) is 0.675. The Balaban J connectivity index is 3.07. The minimum absolute atomic E-state index is 0.00580. The molecule has 0 saturated carbocycles. The summed E-state index contributed by atoms with van der Waals surface area (Å²) in [6.07, 6.45) is 0.998. The first-order valence-corrected chi connectivity index (χ1v) is 5.46. The summed E-state index contributed by atoms with van der Waals surface area (Å²) in [6, 6.07) is 4.87. The van der Waals surface area contributed by atoms with Crippen LogP contribution in [0.15, 0.2) is 23.9 Å². The van der Waals surface area contributed by atoms with Gasteiger partial charge in [-0.1, -0.05) is 0 Å². The van der Waals surface area contributed by atoms with E-state index < -0.39 is 23.2 Å². The number of allylic oxidation sites excluding steroid dienone is 1. The monoisotopic (exact) mass is 277 g/mol. The van der Waals surface area contributed by atoms with E-state index in [2.05, 4.69) is 10.1 Å². The van der Waals surface area contributed by atoms with Gasteiger partial charge in [0, 0.05) is 11.9 Å². The maximum absolute atomic E-state index is 13.6. The van der Waals surface area contributed by atoms with Gasteiger partial charge in [0.25, 0.3) is 0 Å². The summed E-state index contributed by atoms with van der Waals surface area (Å²) in [5, 5.41) is 19.4. The van der Waals surface area contributed by atoms with Crippen LogP contribution >= 0.6 is 0 Å². The fraction of sp³-hybridized carbons (Fsp3) is 0.154. The molecule has 0 aromatic heterocycles. The molecule has 102 valence electrons. The standard InChI is InChI=1S/C13H9F2N3O2/c1-2-20-13(19)12-10(14)3-9(4-11(12)15)18-7-8(5-16)6-17/h3-4,7,18H,2H2,1H3. The average Bonchev–Trinajstić information content (AvgIpc) is 2.39. The maximum atomic E-state index is 13.6. The third kappa shape index (κ3) is 3.53. The predicted molar refractivity (Wildman–Crippen MR) is 65.2 cm³/mol. The van der Waals surface area contributed by atoms with E-state index in [0.717, 1.165) is 18.3 Å². The summed E-state index contributed by atoms with van der Waals surface area (Å²) in [6.45, 7) is 1.51. The van der Waals surface area contributed by atoms with Crippen molar-refractivity contribution in [2.45, 2.75) is 6.92 Å². The van der Waals surface area contributed by atoms with Crippen molar-refractivity contribution in [2.24, 2.45) is 0 Å². The first kappa shape index (κ1) is 15.1. The van der Waals surface area contributed by atoms with Crippen molar-refractivity contribution in [2.75, 3.05) is 11.9 Å². The highest BCUT2D eigenvalue weighted by molar-refractivity contribution is 5.90. The van der Waals surface area contributed by atoms with Crippen LogP contribution in [0.25, 0.3) is 0 Å². The summed E-state index contributed by atoms with van der Waals surface area (Å²) in [5.74, 6) is -3.30. The Morgan fingerprint density at radius 3 is 2.35 bits per heavy atom. The molecule has 0 spiro atoms. The predicted octanol–water partition coefficient (Wildman–Crippen LogP) is 2.48. The Morgan fingerprint density at radius 2 is 1.90 bits per heavy atom. The summed E-state index contributed by atoms with van der Waals surface area (Å²) in [4.78, 5) is 11.3. The van der Waals surface area contributed by atoms with E-state index in [4.69, 9.17) is 10.5 Å². The van der Waals surface area contributed by atoms with Gasteiger partial charge < -0.3 is 10.1 Å². The summed E-state index contributed by atoms with van der Waals surface area (Å²) in [7, 11) is 0. The van der Waals surface area contributed by atoms with Crippen LogP contribution in [0.5, 0.6) is 0 Å². The number of carbonyl (C=O) groups is 1. The lowest BCUT2D eigenvalue weighted by Gasteiger charge is -2.07. The number of hydrogen-bond donors (Lipinski definition) is 1. The molecule has 0 aliphatic heterocycles. The average molecular weight is 277 g/mol. The molecule has 0 aliphatic carbocycles. The van der Waals surface area contributed by atoms with E-state index in [-0.39, 0.29) is 17.9 Å². The van der Waals surface area contributed by atoms with Gasteiger partial charge >= 0.3 is 5.97 Å². The Morgan fingerprint density at radius 1 is 1.35 bits per heavy atom. The van der Waals surface area contributed by atoms with Gasteiger partial charge in [0.2, 0.25) is 0 Å². The second-order valence-electron chi connectivity index (χ2n) is 3.46. The van der Waals surface area contributed by atoms with Crippen LogP contribution in [0, 0.1) is 34.3 Å². The van der Waals surface area contributed by atoms with Crippen molar-refractivity contribution in [3.8, 4) is 12.1 Å². The minimum Gasteiger partial charge on any atom is -0.462 e. The fourth-order valence-electron chi connectivity index (χ4n) is 1.30. The second-order valence-corrected chi connectivity index (χ2v) is 3.46. The number of halogens is 2. The Labute approximate surface area is 113 Å². The Kier molecular flexibility index (Phi) is 5.19. The van der Waals surface area contributed by atoms with Crippen LogP contribution in [0.4, 0.5) is 14.5 Å². The van der Waals surface area contributed by atoms with Crippen LogP contribution in [-0.2, 0) is 4.74 Å². The zero-order valence-corrected chi connectivity index (χ0v) is 10.4. The largest absolute Gasteiger partial charge is 0.462 e. The first-order chi connectivity index (χ1) is 9.53. The second kappa shape index (κ2) is 6.86. The molecule has 1 N–H and O–H groups in total. The highest BCUT2D eigenvalue weighted by Crippen LogP contribution is 2.20. The normalized spacial score (nSPS) is 9.05. The lowest BCUT2D eigenvalue weighted by atomic mass is 10.1. The number of rotatable bonds is 4. The van der Waals surface area contributed by atoms with E-state index in [1.165, 1.54) is 6.92 Å². The number of ether oxygens (including phenoxy) is 1. The van der Waals surface area contributed by atoms with Gasteiger partial charge in [0.05, 0.1) is 6.61 Å². The highest BCUT2D eigenvalue weighted by atomic mass is 19.1. The van der Waals surface area contributed by atoms with Gasteiger partial charge in [0.1, 0.15) is 34.9 Å². The first-order valence-electron chi connectivity index (χ1n) is 5.46. The van der Waals surface area contributed by atoms with Crippen molar-refractivity contribution in [1.29, 1.82) is 10.5 Å². The summed E-state index contributed by atoms with van der Waals surface area (Å²) in [5.41, 5.74) is -1.10. The van der Waals surface area contributed by atoms with Gasteiger partial charge in [-0.2, -0.15) is 10.5 Å². The molecule has 0 amide bonds. The van der Waals surface area contributed by atoms with Crippen molar-refractivity contribution in [3.05, 3.63) is 41.1 Å². The molecule has 1 aromatic rings. The van der Waals surface area contributed by atoms with E-state index in [9.17, 15) is 13.6 Å². The number of anilines is 1. The Hall–Kier alpha value is -2.93. The fourth-order valence-corrected chi connectivity index (χ4v) is 1.30. The Bertz CT molecular complexity index is 603. The molecule has 1 aromatic carbocycles. The molecule has 20 heavy (non-hydrogen) atoms. The molecule has 0 atom stereocenters. The number of esters is 1. The molecule has 0 saturated heterocycles. The number of hydrogen-bond acceptors (Lipinski definition) is 5. The zero-order valence-electron chi connectivity index (χ0n) is 10.4. The van der Waals surface area contributed by atoms with Crippen LogP contribution in [-0.4, -0.2) is 12.6 Å². The molecule has 0 aliphatic rings. The van der Waals surface area contributed by atoms with Crippen LogP contribution in [0.2, 0.25) is 0 Å². The molecule has 0 bridgehead atoms. The van der Waals surface area contributed by atoms with Gasteiger partial charge in [-0.15, -0.1) is 0 Å². The van der Waals surface area contributed by atoms with E-state index in [0.29, 0.717) is 0 Å². The molecule has 0 unspecified atom stereocenters. The number of carbonyl (C=O) groups excluding carboxylic acids is 1. The summed E-state index contributed by atoms with van der Waals surface area (Å²) >= 11 is 0. The molecule has 1 rings (SSSR count). The number of nitriles is 2. The van der Waals surface area contributed by atoms with Crippen LogP contribution < -0.4 is 5.32 Å². The molecular formula is C13H9F2N3O2. The number of benzene rings is 1. The van der Waals surface area contributed by atoms with Gasteiger partial charge in [0.15, 0.2) is 0 Å². The number of nitrogens with zero attached hydrogens (tertiary/aromatic N) is 2. The minimum atomic E-state index is -1.10. The molecule has 0 heterocycles. The van der Waals surface area contributed by atoms with Crippen molar-refractivity contribution in [3.63, 3.8) is 0 Å². The van der Waals surface area contributed by atoms with Crippen molar-refractivity contribution in [1.82, 2.24) is 0 Å². The zero-order chi connectivity index (χ0) is 15.1. The lowest BCUT2D eigenvalue weighted by molar-refractivity contribution is 0.0515.